The number of nitrogens with one attached hydrogen (secondary N) is 1. The number of methoxy groups -OCH3 is 2. The van der Waals surface area contributed by atoms with E-state index in [-0.39, 0.29) is 21.4 Å². The smallest absolute Gasteiger partial charge is 0.283 e. The molecule has 0 saturated carbocycles. The number of carbonyl (C=O) groups is 2. The molecule has 144 valence electrons. The summed E-state index contributed by atoms with van der Waals surface area (Å²) < 4.78 is 10.4. The summed E-state index contributed by atoms with van der Waals surface area (Å²) in [4.78, 5) is 26.4. The van der Waals surface area contributed by atoms with Gasteiger partial charge >= 0.3 is 0 Å². The van der Waals surface area contributed by atoms with Crippen LogP contribution in [0.3, 0.4) is 0 Å². The zero-order valence-electron chi connectivity index (χ0n) is 14.8. The maximum atomic E-state index is 12.8. The molecule has 0 unspecified atom stereocenters. The summed E-state index contributed by atoms with van der Waals surface area (Å²) in [6.45, 7) is 0. The molecule has 0 aromatic heterocycles. The number of ether oxygens (including phenoxy) is 2. The van der Waals surface area contributed by atoms with Gasteiger partial charge in [-0.05, 0) is 54.2 Å². The van der Waals surface area contributed by atoms with Crippen molar-refractivity contribution in [3.8, 4) is 11.5 Å². The number of imide groups is 1. The second kappa shape index (κ2) is 8.18. The summed E-state index contributed by atoms with van der Waals surface area (Å²) in [6, 6.07) is 9.53. The summed E-state index contributed by atoms with van der Waals surface area (Å²) in [5.41, 5.74) is 0.932. The van der Waals surface area contributed by atoms with Gasteiger partial charge < -0.3 is 14.8 Å². The Kier molecular flexibility index (Phi) is 5.88. The third-order valence-electron chi connectivity index (χ3n) is 3.96. The monoisotopic (exact) mass is 436 g/mol. The number of rotatable bonds is 4. The molecule has 1 fully saturated rings. The maximum absolute atomic E-state index is 12.8. The standard InChI is InChI=1S/C19H14Cl2N2O4S/c1-26-15-6-3-10(8-16(15)27-2)7-14-18(25)23(19(28)22-14)17(24)12-5-4-11(20)9-13(12)21/h3-9H,1-2H3,(H,22,28). The second-order valence-corrected chi connectivity index (χ2v) is 6.90. The molecule has 2 amide bonds. The third-order valence-corrected chi connectivity index (χ3v) is 4.79. The van der Waals surface area contributed by atoms with E-state index in [1.807, 2.05) is 0 Å². The summed E-state index contributed by atoms with van der Waals surface area (Å²) in [7, 11) is 3.04. The SMILES string of the molecule is COc1ccc(C=C2NC(=S)N(C(=O)c3ccc(Cl)cc3Cl)C2=O)cc1OC. The minimum atomic E-state index is -0.639. The molecule has 1 saturated heterocycles. The molecule has 1 aliphatic rings. The van der Waals surface area contributed by atoms with E-state index in [0.29, 0.717) is 22.1 Å². The average Bonchev–Trinajstić information content (AvgIpc) is 2.94. The molecule has 0 atom stereocenters. The van der Waals surface area contributed by atoms with Crippen molar-refractivity contribution in [3.05, 3.63) is 63.3 Å². The predicted octanol–water partition coefficient (Wildman–Crippen LogP) is 3.91. The molecule has 1 aliphatic heterocycles. The number of hydrogen-bond donors (Lipinski definition) is 1. The number of nitrogens with zero attached hydrogens (tertiary/aromatic N) is 1. The summed E-state index contributed by atoms with van der Waals surface area (Å²) in [6.07, 6.45) is 1.56. The van der Waals surface area contributed by atoms with Gasteiger partial charge in [-0.1, -0.05) is 29.3 Å². The fourth-order valence-electron chi connectivity index (χ4n) is 2.61. The summed E-state index contributed by atoms with van der Waals surface area (Å²) >= 11 is 17.1. The highest BCUT2D eigenvalue weighted by molar-refractivity contribution is 7.80. The van der Waals surface area contributed by atoms with Crippen molar-refractivity contribution >= 4 is 58.4 Å². The lowest BCUT2D eigenvalue weighted by Crippen LogP contribution is -2.36. The van der Waals surface area contributed by atoms with Gasteiger partial charge in [-0.15, -0.1) is 0 Å². The van der Waals surface area contributed by atoms with Crippen LogP contribution in [0.5, 0.6) is 11.5 Å². The molecular formula is C19H14Cl2N2O4S. The number of halogens is 2. The fraction of sp³-hybridized carbons (Fsp3) is 0.105. The lowest BCUT2D eigenvalue weighted by molar-refractivity contribution is -0.120. The summed E-state index contributed by atoms with van der Waals surface area (Å²) in [5, 5.41) is 3.23. The van der Waals surface area contributed by atoms with E-state index in [2.05, 4.69) is 5.32 Å². The molecule has 0 radical (unpaired) electrons. The first kappa shape index (κ1) is 20.1. The highest BCUT2D eigenvalue weighted by Crippen LogP contribution is 2.29. The van der Waals surface area contributed by atoms with Gasteiger partial charge in [-0.2, -0.15) is 0 Å². The van der Waals surface area contributed by atoms with Crippen LogP contribution in [-0.4, -0.2) is 36.0 Å². The zero-order valence-corrected chi connectivity index (χ0v) is 17.1. The molecule has 2 aromatic rings. The largest absolute Gasteiger partial charge is 0.493 e. The van der Waals surface area contributed by atoms with E-state index >= 15 is 0 Å². The van der Waals surface area contributed by atoms with Crippen molar-refractivity contribution < 1.29 is 19.1 Å². The van der Waals surface area contributed by atoms with Gasteiger partial charge in [0.15, 0.2) is 16.6 Å². The Morgan fingerprint density at radius 2 is 1.82 bits per heavy atom. The van der Waals surface area contributed by atoms with Crippen molar-refractivity contribution in [2.24, 2.45) is 0 Å². The van der Waals surface area contributed by atoms with Crippen LogP contribution in [0.2, 0.25) is 10.0 Å². The Morgan fingerprint density at radius 1 is 1.11 bits per heavy atom. The van der Waals surface area contributed by atoms with Gasteiger partial charge in [0.1, 0.15) is 5.70 Å². The van der Waals surface area contributed by atoms with E-state index in [1.165, 1.54) is 32.4 Å². The van der Waals surface area contributed by atoms with Gasteiger partial charge in [0.05, 0.1) is 24.8 Å². The number of benzene rings is 2. The average molecular weight is 437 g/mol. The van der Waals surface area contributed by atoms with Crippen LogP contribution < -0.4 is 14.8 Å². The molecule has 28 heavy (non-hydrogen) atoms. The second-order valence-electron chi connectivity index (χ2n) is 5.67. The van der Waals surface area contributed by atoms with Crippen LogP contribution >= 0.6 is 35.4 Å². The maximum Gasteiger partial charge on any atom is 0.283 e. The number of hydrogen-bond acceptors (Lipinski definition) is 5. The Hall–Kier alpha value is -2.61. The molecule has 1 N–H and O–H groups in total. The number of amides is 2. The lowest BCUT2D eigenvalue weighted by Gasteiger charge is -2.13. The van der Waals surface area contributed by atoms with E-state index in [1.54, 1.807) is 24.3 Å². The quantitative estimate of drug-likeness (QED) is 0.445. The minimum Gasteiger partial charge on any atom is -0.493 e. The Balaban J connectivity index is 1.91. The first-order chi connectivity index (χ1) is 13.3. The Labute approximate surface area is 176 Å². The third kappa shape index (κ3) is 3.82. The van der Waals surface area contributed by atoms with Gasteiger partial charge in [-0.3, -0.25) is 9.59 Å². The van der Waals surface area contributed by atoms with Crippen LogP contribution in [0.4, 0.5) is 0 Å². The van der Waals surface area contributed by atoms with Crippen molar-refractivity contribution in [1.82, 2.24) is 10.2 Å². The molecule has 0 aliphatic carbocycles. The first-order valence-electron chi connectivity index (χ1n) is 7.94. The van der Waals surface area contributed by atoms with Crippen molar-refractivity contribution in [2.75, 3.05) is 14.2 Å². The number of thiocarbonyl (C=S) groups is 1. The molecule has 2 aromatic carbocycles. The highest BCUT2D eigenvalue weighted by atomic mass is 35.5. The fourth-order valence-corrected chi connectivity index (χ4v) is 3.38. The molecule has 6 nitrogen and oxygen atoms in total. The van der Waals surface area contributed by atoms with Crippen LogP contribution in [-0.2, 0) is 4.79 Å². The van der Waals surface area contributed by atoms with Gasteiger partial charge in [0.25, 0.3) is 11.8 Å². The molecule has 1 heterocycles. The highest BCUT2D eigenvalue weighted by Gasteiger charge is 2.37. The van der Waals surface area contributed by atoms with Gasteiger partial charge in [-0.25, -0.2) is 4.90 Å². The van der Waals surface area contributed by atoms with E-state index in [9.17, 15) is 9.59 Å². The van der Waals surface area contributed by atoms with E-state index in [4.69, 9.17) is 44.9 Å². The minimum absolute atomic E-state index is 0.0345. The Bertz CT molecular complexity index is 1020. The predicted molar refractivity (Wildman–Crippen MR) is 111 cm³/mol. The molecule has 9 heteroatoms. The van der Waals surface area contributed by atoms with Crippen molar-refractivity contribution in [2.45, 2.75) is 0 Å². The van der Waals surface area contributed by atoms with E-state index in [0.717, 1.165) is 4.90 Å². The summed E-state index contributed by atoms with van der Waals surface area (Å²) in [5.74, 6) is -0.165. The van der Waals surface area contributed by atoms with Crippen LogP contribution in [0.15, 0.2) is 42.1 Å². The van der Waals surface area contributed by atoms with Crippen molar-refractivity contribution in [1.29, 1.82) is 0 Å². The zero-order chi connectivity index (χ0) is 20.4. The molecular weight excluding hydrogens is 423 g/mol. The van der Waals surface area contributed by atoms with E-state index < -0.39 is 11.8 Å². The number of carbonyl (C=O) groups excluding carboxylic acids is 2. The van der Waals surface area contributed by atoms with Gasteiger partial charge in [0, 0.05) is 5.02 Å². The van der Waals surface area contributed by atoms with Gasteiger partial charge in [0.2, 0.25) is 0 Å². The first-order valence-corrected chi connectivity index (χ1v) is 9.10. The van der Waals surface area contributed by atoms with Crippen LogP contribution in [0, 0.1) is 0 Å². The molecule has 0 bridgehead atoms. The normalized spacial score (nSPS) is 15.0. The lowest BCUT2D eigenvalue weighted by atomic mass is 10.1. The molecule has 3 rings (SSSR count). The van der Waals surface area contributed by atoms with Crippen LogP contribution in [0.1, 0.15) is 15.9 Å². The Morgan fingerprint density at radius 3 is 2.46 bits per heavy atom. The topological polar surface area (TPSA) is 67.9 Å². The van der Waals surface area contributed by atoms with Crippen molar-refractivity contribution in [3.63, 3.8) is 0 Å². The van der Waals surface area contributed by atoms with Crippen LogP contribution in [0.25, 0.3) is 6.08 Å². The molecule has 0 spiro atoms.